The summed E-state index contributed by atoms with van der Waals surface area (Å²) in [4.78, 5) is 26.9. The standard InChI is InChI=1S/C24H21Cl2N3O2/c1-24(2)11-17-20(18(30)12-24)19(15-9-8-13(25)10-16(15)26)21-22(27-17)28-29(23(21)31)14-6-4-3-5-7-14/h3-10,19,27-28H,11-12H2,1-2H3/t19-/m0/s1. The molecule has 158 valence electrons. The van der Waals surface area contributed by atoms with Crippen LogP contribution in [0.5, 0.6) is 0 Å². The van der Waals surface area contributed by atoms with Crippen molar-refractivity contribution in [3.63, 3.8) is 0 Å². The summed E-state index contributed by atoms with van der Waals surface area (Å²) in [5.74, 6) is 0.0646. The Bertz CT molecular complexity index is 1300. The highest BCUT2D eigenvalue weighted by Crippen LogP contribution is 2.49. The molecule has 0 bridgehead atoms. The first-order chi connectivity index (χ1) is 14.7. The lowest BCUT2D eigenvalue weighted by molar-refractivity contribution is -0.118. The molecular formula is C24H21Cl2N3O2. The van der Waals surface area contributed by atoms with Crippen LogP contribution in [0.15, 0.2) is 64.6 Å². The SMILES string of the molecule is CC1(C)CC(=O)C2=C(C1)Nc1[nH]n(-c3ccccc3)c(=O)c1[C@H]2c1ccc(Cl)cc1Cl. The predicted molar refractivity (Wildman–Crippen MR) is 123 cm³/mol. The molecule has 0 radical (unpaired) electrons. The van der Waals surface area contributed by atoms with Gasteiger partial charge in [0, 0.05) is 33.7 Å². The maximum Gasteiger partial charge on any atom is 0.277 e. The van der Waals surface area contributed by atoms with E-state index in [9.17, 15) is 9.59 Å². The molecule has 2 N–H and O–H groups in total. The number of allylic oxidation sites excluding steroid dienone is 2. The zero-order chi connectivity index (χ0) is 21.9. The van der Waals surface area contributed by atoms with E-state index in [1.807, 2.05) is 30.3 Å². The second kappa shape index (κ2) is 7.14. The van der Waals surface area contributed by atoms with Gasteiger partial charge in [0.25, 0.3) is 5.56 Å². The molecule has 31 heavy (non-hydrogen) atoms. The number of benzene rings is 2. The number of aromatic amines is 1. The Morgan fingerprint density at radius 2 is 1.77 bits per heavy atom. The van der Waals surface area contributed by atoms with Gasteiger partial charge in [-0.05, 0) is 41.7 Å². The van der Waals surface area contributed by atoms with Gasteiger partial charge in [-0.15, -0.1) is 0 Å². The number of anilines is 1. The van der Waals surface area contributed by atoms with Crippen LogP contribution in [0, 0.1) is 5.41 Å². The number of ketones is 1. The Labute approximate surface area is 189 Å². The van der Waals surface area contributed by atoms with Crippen molar-refractivity contribution in [2.45, 2.75) is 32.6 Å². The predicted octanol–water partition coefficient (Wildman–Crippen LogP) is 5.67. The van der Waals surface area contributed by atoms with Crippen LogP contribution in [-0.4, -0.2) is 15.6 Å². The highest BCUT2D eigenvalue weighted by atomic mass is 35.5. The zero-order valence-electron chi connectivity index (χ0n) is 17.1. The van der Waals surface area contributed by atoms with Crippen LogP contribution in [0.25, 0.3) is 5.69 Å². The molecule has 1 aliphatic carbocycles. The van der Waals surface area contributed by atoms with Gasteiger partial charge in [0.15, 0.2) is 5.78 Å². The topological polar surface area (TPSA) is 66.9 Å². The molecule has 1 atom stereocenters. The smallest absolute Gasteiger partial charge is 0.277 e. The Balaban J connectivity index is 1.77. The van der Waals surface area contributed by atoms with Crippen molar-refractivity contribution in [2.24, 2.45) is 5.41 Å². The van der Waals surface area contributed by atoms with Gasteiger partial charge in [-0.2, -0.15) is 0 Å². The molecule has 0 saturated heterocycles. The summed E-state index contributed by atoms with van der Waals surface area (Å²) in [6.45, 7) is 4.15. The first-order valence-electron chi connectivity index (χ1n) is 10.1. The molecule has 5 nitrogen and oxygen atoms in total. The molecule has 1 aromatic heterocycles. The summed E-state index contributed by atoms with van der Waals surface area (Å²) in [5.41, 5.74) is 2.98. The Morgan fingerprint density at radius 3 is 2.48 bits per heavy atom. The second-order valence-electron chi connectivity index (χ2n) is 8.93. The number of nitrogens with one attached hydrogen (secondary N) is 2. The van der Waals surface area contributed by atoms with Gasteiger partial charge in [0.1, 0.15) is 5.82 Å². The van der Waals surface area contributed by atoms with Crippen molar-refractivity contribution in [2.75, 3.05) is 5.32 Å². The van der Waals surface area contributed by atoms with Crippen molar-refractivity contribution >= 4 is 34.8 Å². The molecule has 5 rings (SSSR count). The summed E-state index contributed by atoms with van der Waals surface area (Å²) in [5, 5.41) is 7.50. The van der Waals surface area contributed by atoms with Gasteiger partial charge >= 0.3 is 0 Å². The third-order valence-corrected chi connectivity index (χ3v) is 6.55. The minimum absolute atomic E-state index is 0.0345. The fourth-order valence-electron chi connectivity index (χ4n) is 4.70. The highest BCUT2D eigenvalue weighted by molar-refractivity contribution is 6.35. The van der Waals surface area contributed by atoms with E-state index in [1.54, 1.807) is 18.2 Å². The highest BCUT2D eigenvalue weighted by Gasteiger charge is 2.43. The zero-order valence-corrected chi connectivity index (χ0v) is 18.6. The normalized spacial score (nSPS) is 19.6. The lowest BCUT2D eigenvalue weighted by atomic mass is 9.69. The van der Waals surface area contributed by atoms with E-state index in [4.69, 9.17) is 23.2 Å². The van der Waals surface area contributed by atoms with Gasteiger partial charge in [-0.25, -0.2) is 4.68 Å². The Kier molecular flexibility index (Phi) is 4.65. The van der Waals surface area contributed by atoms with E-state index in [-0.39, 0.29) is 16.8 Å². The molecule has 0 saturated carbocycles. The second-order valence-corrected chi connectivity index (χ2v) is 9.78. The van der Waals surface area contributed by atoms with E-state index in [0.717, 1.165) is 5.70 Å². The van der Waals surface area contributed by atoms with Crippen LogP contribution in [0.3, 0.4) is 0 Å². The quantitative estimate of drug-likeness (QED) is 0.524. The van der Waals surface area contributed by atoms with E-state index < -0.39 is 5.92 Å². The van der Waals surface area contributed by atoms with Crippen molar-refractivity contribution in [1.29, 1.82) is 0 Å². The molecule has 0 amide bonds. The molecule has 7 heteroatoms. The summed E-state index contributed by atoms with van der Waals surface area (Å²) < 4.78 is 1.50. The van der Waals surface area contributed by atoms with Crippen molar-refractivity contribution in [3.8, 4) is 5.69 Å². The van der Waals surface area contributed by atoms with Gasteiger partial charge < -0.3 is 5.32 Å². The average Bonchev–Trinajstić information content (AvgIpc) is 3.03. The molecular weight excluding hydrogens is 433 g/mol. The first kappa shape index (κ1) is 20.2. The maximum absolute atomic E-state index is 13.6. The van der Waals surface area contributed by atoms with Gasteiger partial charge in [0.2, 0.25) is 0 Å². The fraction of sp³-hybridized carbons (Fsp3) is 0.250. The van der Waals surface area contributed by atoms with Gasteiger partial charge in [0.05, 0.1) is 11.3 Å². The summed E-state index contributed by atoms with van der Waals surface area (Å²) in [6, 6.07) is 14.6. The van der Waals surface area contributed by atoms with E-state index in [0.29, 0.717) is 51.1 Å². The molecule has 0 unspecified atom stereocenters. The van der Waals surface area contributed by atoms with Crippen LogP contribution >= 0.6 is 23.2 Å². The monoisotopic (exact) mass is 453 g/mol. The number of para-hydroxylation sites is 1. The molecule has 2 aliphatic rings. The molecule has 0 spiro atoms. The number of carbonyl (C=O) groups excluding carboxylic acids is 1. The Hall–Kier alpha value is -2.76. The van der Waals surface area contributed by atoms with E-state index in [1.165, 1.54) is 4.68 Å². The number of rotatable bonds is 2. The van der Waals surface area contributed by atoms with Gasteiger partial charge in [-0.3, -0.25) is 14.7 Å². The number of carbonyl (C=O) groups is 1. The maximum atomic E-state index is 13.6. The van der Waals surface area contributed by atoms with E-state index >= 15 is 0 Å². The average molecular weight is 454 g/mol. The molecule has 1 aliphatic heterocycles. The number of nitrogens with zero attached hydrogens (tertiary/aromatic N) is 1. The van der Waals surface area contributed by atoms with Crippen LogP contribution in [0.2, 0.25) is 10.0 Å². The lowest BCUT2D eigenvalue weighted by Crippen LogP contribution is -2.35. The third kappa shape index (κ3) is 3.33. The lowest BCUT2D eigenvalue weighted by Gasteiger charge is -2.38. The molecule has 3 aromatic rings. The Morgan fingerprint density at radius 1 is 1.03 bits per heavy atom. The van der Waals surface area contributed by atoms with Crippen molar-refractivity contribution < 1.29 is 4.79 Å². The molecule has 2 heterocycles. The number of halogens is 2. The summed E-state index contributed by atoms with van der Waals surface area (Å²) in [7, 11) is 0. The third-order valence-electron chi connectivity index (χ3n) is 5.99. The first-order valence-corrected chi connectivity index (χ1v) is 10.9. The van der Waals surface area contributed by atoms with Crippen molar-refractivity contribution in [3.05, 3.63) is 91.3 Å². The summed E-state index contributed by atoms with van der Waals surface area (Å²) >= 11 is 12.7. The fourth-order valence-corrected chi connectivity index (χ4v) is 5.21. The molecule has 2 aromatic carbocycles. The number of Topliss-reactive ketones (excluding diaryl/α,β-unsaturated/α-hetero) is 1. The minimum atomic E-state index is -0.562. The van der Waals surface area contributed by atoms with Crippen LogP contribution in [0.4, 0.5) is 5.82 Å². The van der Waals surface area contributed by atoms with Gasteiger partial charge in [-0.1, -0.05) is 61.3 Å². The number of hydrogen-bond acceptors (Lipinski definition) is 3. The van der Waals surface area contributed by atoms with Crippen molar-refractivity contribution in [1.82, 2.24) is 9.78 Å². The number of H-pyrrole nitrogens is 1. The van der Waals surface area contributed by atoms with Crippen LogP contribution in [0.1, 0.15) is 43.7 Å². The summed E-state index contributed by atoms with van der Waals surface area (Å²) in [6.07, 6.45) is 1.12. The van der Waals surface area contributed by atoms with E-state index in [2.05, 4.69) is 24.3 Å². The number of hydrogen-bond donors (Lipinski definition) is 2. The number of fused-ring (bicyclic) bond motifs is 1. The molecule has 0 fully saturated rings. The van der Waals surface area contributed by atoms with Crippen LogP contribution < -0.4 is 10.9 Å². The number of aromatic nitrogens is 2. The van der Waals surface area contributed by atoms with Crippen LogP contribution in [-0.2, 0) is 4.79 Å². The minimum Gasteiger partial charge on any atom is -0.343 e. The largest absolute Gasteiger partial charge is 0.343 e.